The van der Waals surface area contributed by atoms with Gasteiger partial charge < -0.3 is 5.32 Å². The number of sulfonamides is 1. The van der Waals surface area contributed by atoms with Crippen LogP contribution in [0.15, 0.2) is 47.4 Å². The highest BCUT2D eigenvalue weighted by atomic mass is 32.2. The highest BCUT2D eigenvalue weighted by Gasteiger charge is 2.30. The van der Waals surface area contributed by atoms with Crippen LogP contribution in [-0.2, 0) is 16.4 Å². The third kappa shape index (κ3) is 4.42. The third-order valence-electron chi connectivity index (χ3n) is 4.48. The van der Waals surface area contributed by atoms with E-state index >= 15 is 0 Å². The molecule has 0 amide bonds. The molecule has 0 spiro atoms. The van der Waals surface area contributed by atoms with Crippen molar-refractivity contribution in [2.75, 3.05) is 25.0 Å². The minimum Gasteiger partial charge on any atom is -0.384 e. The van der Waals surface area contributed by atoms with Crippen molar-refractivity contribution in [3.63, 3.8) is 0 Å². The van der Waals surface area contributed by atoms with Gasteiger partial charge in [0.15, 0.2) is 0 Å². The van der Waals surface area contributed by atoms with Crippen LogP contribution < -0.4 is 5.32 Å². The molecule has 1 N–H and O–H groups in total. The molecular weight excluding hydrogens is 373 g/mol. The monoisotopic (exact) mass is 393 g/mol. The first-order valence-electron chi connectivity index (χ1n) is 8.65. The molecule has 9 heteroatoms. The van der Waals surface area contributed by atoms with E-state index in [1.54, 1.807) is 12.1 Å². The molecule has 0 aliphatic carbocycles. The normalized spacial score (nSPS) is 15.0. The molecule has 2 aromatic carbocycles. The van der Waals surface area contributed by atoms with Crippen LogP contribution >= 0.6 is 0 Å². The first-order valence-corrected chi connectivity index (χ1v) is 10.1. The molecule has 144 valence electrons. The van der Waals surface area contributed by atoms with Gasteiger partial charge in [0, 0.05) is 31.8 Å². The Bertz CT molecular complexity index is 943. The molecule has 1 heterocycles. The van der Waals surface area contributed by atoms with Gasteiger partial charge in [-0.3, -0.25) is 10.1 Å². The molecule has 1 saturated heterocycles. The zero-order valence-electron chi connectivity index (χ0n) is 14.6. The molecule has 1 aliphatic heterocycles. The summed E-state index contributed by atoms with van der Waals surface area (Å²) < 4.78 is 40.5. The van der Waals surface area contributed by atoms with Gasteiger partial charge >= 0.3 is 0 Å². The molecule has 1 aliphatic rings. The summed E-state index contributed by atoms with van der Waals surface area (Å²) in [6, 6.07) is 9.94. The minimum absolute atomic E-state index is 0.0992. The summed E-state index contributed by atoms with van der Waals surface area (Å²) in [5, 5.41) is 14.1. The maximum absolute atomic E-state index is 13.3. The van der Waals surface area contributed by atoms with Crippen molar-refractivity contribution < 1.29 is 17.7 Å². The average molecular weight is 393 g/mol. The zero-order chi connectivity index (χ0) is 19.4. The fourth-order valence-corrected chi connectivity index (χ4v) is 4.79. The highest BCUT2D eigenvalue weighted by molar-refractivity contribution is 7.89. The van der Waals surface area contributed by atoms with Gasteiger partial charge in [0.05, 0.1) is 10.6 Å². The van der Waals surface area contributed by atoms with Gasteiger partial charge in [-0.25, -0.2) is 12.8 Å². The number of anilines is 1. The first kappa shape index (κ1) is 19.2. The van der Waals surface area contributed by atoms with E-state index in [9.17, 15) is 22.9 Å². The minimum atomic E-state index is -3.82. The Morgan fingerprint density at radius 3 is 2.56 bits per heavy atom. The maximum Gasteiger partial charge on any atom is 0.270 e. The Hall–Kier alpha value is -2.52. The molecule has 27 heavy (non-hydrogen) atoms. The summed E-state index contributed by atoms with van der Waals surface area (Å²) in [4.78, 5) is 10.4. The predicted molar refractivity (Wildman–Crippen MR) is 99.7 cm³/mol. The van der Waals surface area contributed by atoms with Crippen LogP contribution in [0, 0.1) is 15.9 Å². The predicted octanol–water partition coefficient (Wildman–Crippen LogP) is 3.17. The average Bonchev–Trinajstić information content (AvgIpc) is 3.17. The van der Waals surface area contributed by atoms with E-state index in [1.165, 1.54) is 28.6 Å². The number of nitrogens with zero attached hydrogens (tertiary/aromatic N) is 2. The maximum atomic E-state index is 13.3. The van der Waals surface area contributed by atoms with Gasteiger partial charge in [-0.1, -0.05) is 12.1 Å². The summed E-state index contributed by atoms with van der Waals surface area (Å²) in [5.41, 5.74) is 0.806. The largest absolute Gasteiger partial charge is 0.384 e. The Balaban J connectivity index is 1.84. The van der Waals surface area contributed by atoms with E-state index in [0.717, 1.165) is 24.5 Å². The summed E-state index contributed by atoms with van der Waals surface area (Å²) >= 11 is 0. The molecule has 0 atom stereocenters. The number of halogens is 1. The molecule has 1 fully saturated rings. The lowest BCUT2D eigenvalue weighted by atomic mass is 10.1. The van der Waals surface area contributed by atoms with Crippen molar-refractivity contribution in [2.24, 2.45) is 0 Å². The van der Waals surface area contributed by atoms with Gasteiger partial charge in [0.2, 0.25) is 10.0 Å². The van der Waals surface area contributed by atoms with Gasteiger partial charge in [0.1, 0.15) is 10.7 Å². The van der Waals surface area contributed by atoms with Crippen LogP contribution in [-0.4, -0.2) is 37.3 Å². The molecular formula is C18H20FN3O4S. The Labute approximate surface area is 157 Å². The second-order valence-corrected chi connectivity index (χ2v) is 8.26. The zero-order valence-corrected chi connectivity index (χ0v) is 15.4. The lowest BCUT2D eigenvalue weighted by Crippen LogP contribution is -2.28. The number of nitro benzene ring substituents is 1. The van der Waals surface area contributed by atoms with Crippen LogP contribution in [0.4, 0.5) is 15.8 Å². The van der Waals surface area contributed by atoms with E-state index in [0.29, 0.717) is 31.7 Å². The van der Waals surface area contributed by atoms with E-state index in [-0.39, 0.29) is 16.4 Å². The van der Waals surface area contributed by atoms with Crippen molar-refractivity contribution in [2.45, 2.75) is 24.2 Å². The fraction of sp³-hybridized carbons (Fsp3) is 0.333. The fourth-order valence-electron chi connectivity index (χ4n) is 3.09. The Morgan fingerprint density at radius 2 is 1.89 bits per heavy atom. The quantitative estimate of drug-likeness (QED) is 0.576. The second-order valence-electron chi connectivity index (χ2n) is 6.36. The summed E-state index contributed by atoms with van der Waals surface area (Å²) in [7, 11) is -3.82. The van der Waals surface area contributed by atoms with Gasteiger partial charge in [0.25, 0.3) is 5.69 Å². The van der Waals surface area contributed by atoms with Gasteiger partial charge in [-0.05, 0) is 43.0 Å². The lowest BCUT2D eigenvalue weighted by Gasteiger charge is -2.18. The van der Waals surface area contributed by atoms with Gasteiger partial charge in [-0.15, -0.1) is 0 Å². The number of rotatable bonds is 7. The molecule has 0 unspecified atom stereocenters. The van der Waals surface area contributed by atoms with Gasteiger partial charge in [-0.2, -0.15) is 4.31 Å². The van der Waals surface area contributed by atoms with Crippen molar-refractivity contribution in [3.05, 3.63) is 64.0 Å². The number of nitrogens with one attached hydrogen (secondary N) is 1. The van der Waals surface area contributed by atoms with E-state index < -0.39 is 14.9 Å². The topological polar surface area (TPSA) is 92.5 Å². The van der Waals surface area contributed by atoms with E-state index in [4.69, 9.17) is 0 Å². The molecule has 0 bridgehead atoms. The molecule has 0 saturated carbocycles. The summed E-state index contributed by atoms with van der Waals surface area (Å²) in [6.45, 7) is 1.19. The SMILES string of the molecule is O=[N+]([O-])c1ccc(NCCc2cccc(F)c2)c(S(=O)(=O)N2CCCC2)c1. The number of hydrogen-bond donors (Lipinski definition) is 1. The standard InChI is InChI=1S/C18H20FN3O4S/c19-15-5-3-4-14(12-15)8-9-20-17-7-6-16(22(23)24)13-18(17)27(25,26)21-10-1-2-11-21/h3-7,12-13,20H,1-2,8-11H2. The summed E-state index contributed by atoms with van der Waals surface area (Å²) in [6.07, 6.45) is 2.03. The molecule has 3 rings (SSSR count). The van der Waals surface area contributed by atoms with Crippen LogP contribution in [0.3, 0.4) is 0 Å². The molecule has 7 nitrogen and oxygen atoms in total. The van der Waals surface area contributed by atoms with Crippen LogP contribution in [0.1, 0.15) is 18.4 Å². The van der Waals surface area contributed by atoms with E-state index in [2.05, 4.69) is 5.32 Å². The summed E-state index contributed by atoms with van der Waals surface area (Å²) in [5.74, 6) is -0.333. The number of non-ortho nitro benzene ring substituents is 1. The Morgan fingerprint density at radius 1 is 1.15 bits per heavy atom. The van der Waals surface area contributed by atoms with E-state index in [1.807, 2.05) is 0 Å². The van der Waals surface area contributed by atoms with Crippen LogP contribution in [0.2, 0.25) is 0 Å². The smallest absolute Gasteiger partial charge is 0.270 e. The van der Waals surface area contributed by atoms with Crippen LogP contribution in [0.25, 0.3) is 0 Å². The third-order valence-corrected chi connectivity index (χ3v) is 6.42. The number of nitro groups is 1. The second kappa shape index (κ2) is 8.01. The van der Waals surface area contributed by atoms with Crippen molar-refractivity contribution >= 4 is 21.4 Å². The van der Waals surface area contributed by atoms with Crippen LogP contribution in [0.5, 0.6) is 0 Å². The van der Waals surface area contributed by atoms with Crippen molar-refractivity contribution in [1.82, 2.24) is 4.31 Å². The Kier molecular flexibility index (Phi) is 5.71. The first-order chi connectivity index (χ1) is 12.9. The highest BCUT2D eigenvalue weighted by Crippen LogP contribution is 2.30. The van der Waals surface area contributed by atoms with Crippen molar-refractivity contribution in [3.8, 4) is 0 Å². The number of benzene rings is 2. The van der Waals surface area contributed by atoms with Crippen molar-refractivity contribution in [1.29, 1.82) is 0 Å². The molecule has 2 aromatic rings. The lowest BCUT2D eigenvalue weighted by molar-refractivity contribution is -0.385. The number of hydrogen-bond acceptors (Lipinski definition) is 5. The molecule has 0 radical (unpaired) electrons. The molecule has 0 aromatic heterocycles.